The molecular weight excluding hydrogens is 350 g/mol. The summed E-state index contributed by atoms with van der Waals surface area (Å²) in [6, 6.07) is 9.55. The number of rotatable bonds is 5. The van der Waals surface area contributed by atoms with Crippen molar-refractivity contribution in [1.29, 1.82) is 0 Å². The Labute approximate surface area is 165 Å². The van der Waals surface area contributed by atoms with E-state index in [4.69, 9.17) is 4.74 Å². The minimum absolute atomic E-state index is 0.207. The molecule has 1 aliphatic carbocycles. The number of carbonyl (C=O) groups is 1. The van der Waals surface area contributed by atoms with E-state index in [0.717, 1.165) is 34.2 Å². The molecule has 1 aromatic carbocycles. The summed E-state index contributed by atoms with van der Waals surface area (Å²) in [7, 11) is 0. The number of nitrogens with zero attached hydrogens (tertiary/aromatic N) is 2. The number of aryl methyl sites for hydroxylation is 2. The fourth-order valence-corrected chi connectivity index (χ4v) is 3.83. The van der Waals surface area contributed by atoms with Crippen molar-refractivity contribution in [1.82, 2.24) is 9.97 Å². The first-order valence-corrected chi connectivity index (χ1v) is 9.87. The number of hydrogen-bond donors (Lipinski definition) is 1. The Morgan fingerprint density at radius 2 is 1.93 bits per heavy atom. The summed E-state index contributed by atoms with van der Waals surface area (Å²) < 4.78 is 6.06. The van der Waals surface area contributed by atoms with Crippen molar-refractivity contribution in [2.45, 2.75) is 39.5 Å². The average Bonchev–Trinajstić information content (AvgIpc) is 3.22. The number of amides is 1. The van der Waals surface area contributed by atoms with Crippen molar-refractivity contribution in [3.05, 3.63) is 59.5 Å². The minimum atomic E-state index is -0.207. The van der Waals surface area contributed by atoms with Crippen LogP contribution in [0.4, 0.5) is 5.69 Å². The third-order valence-electron chi connectivity index (χ3n) is 5.46. The van der Waals surface area contributed by atoms with Gasteiger partial charge in [0.05, 0.1) is 6.61 Å². The summed E-state index contributed by atoms with van der Waals surface area (Å²) >= 11 is 0. The number of pyridine rings is 2. The van der Waals surface area contributed by atoms with Gasteiger partial charge >= 0.3 is 0 Å². The van der Waals surface area contributed by atoms with Crippen LogP contribution in [0.15, 0.2) is 42.7 Å². The van der Waals surface area contributed by atoms with E-state index in [-0.39, 0.29) is 5.91 Å². The number of ether oxygens (including phenoxy) is 1. The number of carbonyl (C=O) groups excluding carboxylic acids is 1. The second kappa shape index (κ2) is 7.97. The van der Waals surface area contributed by atoms with E-state index in [2.05, 4.69) is 15.3 Å². The van der Waals surface area contributed by atoms with Crippen LogP contribution in [-0.2, 0) is 0 Å². The molecule has 2 heterocycles. The molecule has 1 amide bonds. The van der Waals surface area contributed by atoms with Gasteiger partial charge in [-0.1, -0.05) is 18.9 Å². The summed E-state index contributed by atoms with van der Waals surface area (Å²) in [6.45, 7) is 4.62. The van der Waals surface area contributed by atoms with Gasteiger partial charge in [0.25, 0.3) is 5.91 Å². The van der Waals surface area contributed by atoms with Gasteiger partial charge in [-0.05, 0) is 73.4 Å². The molecule has 0 saturated heterocycles. The van der Waals surface area contributed by atoms with E-state index in [1.807, 2.05) is 50.4 Å². The Kier molecular flexibility index (Phi) is 5.24. The van der Waals surface area contributed by atoms with E-state index in [1.165, 1.54) is 25.7 Å². The summed E-state index contributed by atoms with van der Waals surface area (Å²) in [5.41, 5.74) is 3.07. The molecule has 28 heavy (non-hydrogen) atoms. The van der Waals surface area contributed by atoms with Crippen LogP contribution in [0.1, 0.15) is 47.3 Å². The minimum Gasteiger partial charge on any atom is -0.477 e. The van der Waals surface area contributed by atoms with Gasteiger partial charge in [0.2, 0.25) is 5.88 Å². The lowest BCUT2D eigenvalue weighted by Crippen LogP contribution is -2.15. The Bertz CT molecular complexity index is 1010. The highest BCUT2D eigenvalue weighted by Gasteiger charge is 2.17. The van der Waals surface area contributed by atoms with Crippen molar-refractivity contribution in [3.63, 3.8) is 0 Å². The molecule has 144 valence electrons. The first-order valence-electron chi connectivity index (χ1n) is 9.87. The monoisotopic (exact) mass is 375 g/mol. The van der Waals surface area contributed by atoms with Crippen molar-refractivity contribution < 1.29 is 9.53 Å². The van der Waals surface area contributed by atoms with Crippen LogP contribution in [-0.4, -0.2) is 22.5 Å². The number of benzene rings is 1. The van der Waals surface area contributed by atoms with Gasteiger partial charge in [0.1, 0.15) is 5.69 Å². The summed E-state index contributed by atoms with van der Waals surface area (Å²) in [4.78, 5) is 21.2. The zero-order chi connectivity index (χ0) is 19.5. The lowest BCUT2D eigenvalue weighted by Gasteiger charge is -2.14. The van der Waals surface area contributed by atoms with Crippen molar-refractivity contribution >= 4 is 22.4 Å². The molecule has 4 rings (SSSR count). The second-order valence-electron chi connectivity index (χ2n) is 7.59. The van der Waals surface area contributed by atoms with E-state index in [0.29, 0.717) is 17.5 Å². The third-order valence-corrected chi connectivity index (χ3v) is 5.46. The number of nitrogens with one attached hydrogen (secondary N) is 1. The molecule has 0 radical (unpaired) electrons. The molecule has 0 unspecified atom stereocenters. The van der Waals surface area contributed by atoms with Crippen LogP contribution in [0.25, 0.3) is 10.8 Å². The van der Waals surface area contributed by atoms with E-state index in [1.54, 1.807) is 6.20 Å². The molecule has 1 N–H and O–H groups in total. The predicted octanol–water partition coefficient (Wildman–Crippen LogP) is 5.07. The smallest absolute Gasteiger partial charge is 0.274 e. The number of aromatic nitrogens is 2. The third kappa shape index (κ3) is 3.84. The van der Waals surface area contributed by atoms with Gasteiger partial charge in [0.15, 0.2) is 0 Å². The SMILES string of the molecule is Cc1cccnc1C(=O)Nc1ccc2c(OCC3CCCC3)ncc(C)c2c1. The van der Waals surface area contributed by atoms with Gasteiger partial charge in [-0.15, -0.1) is 0 Å². The predicted molar refractivity (Wildman–Crippen MR) is 111 cm³/mol. The quantitative estimate of drug-likeness (QED) is 0.676. The molecule has 2 aromatic heterocycles. The highest BCUT2D eigenvalue weighted by atomic mass is 16.5. The summed E-state index contributed by atoms with van der Waals surface area (Å²) in [5.74, 6) is 1.10. The fourth-order valence-electron chi connectivity index (χ4n) is 3.83. The Morgan fingerprint density at radius 3 is 2.71 bits per heavy atom. The molecule has 0 bridgehead atoms. The van der Waals surface area contributed by atoms with Crippen LogP contribution in [0.3, 0.4) is 0 Å². The molecule has 5 nitrogen and oxygen atoms in total. The van der Waals surface area contributed by atoms with Crippen molar-refractivity contribution in [3.8, 4) is 5.88 Å². The maximum absolute atomic E-state index is 12.6. The normalized spacial score (nSPS) is 14.4. The zero-order valence-corrected chi connectivity index (χ0v) is 16.4. The van der Waals surface area contributed by atoms with Gasteiger partial charge in [-0.25, -0.2) is 4.98 Å². The first-order chi connectivity index (χ1) is 13.6. The second-order valence-corrected chi connectivity index (χ2v) is 7.59. The Hall–Kier alpha value is -2.95. The van der Waals surface area contributed by atoms with E-state index in [9.17, 15) is 4.79 Å². The van der Waals surface area contributed by atoms with Crippen molar-refractivity contribution in [2.24, 2.45) is 5.92 Å². The molecule has 0 atom stereocenters. The highest BCUT2D eigenvalue weighted by Crippen LogP contribution is 2.31. The number of hydrogen-bond acceptors (Lipinski definition) is 4. The largest absolute Gasteiger partial charge is 0.477 e. The fraction of sp³-hybridized carbons (Fsp3) is 0.348. The zero-order valence-electron chi connectivity index (χ0n) is 16.4. The van der Waals surface area contributed by atoms with Crippen LogP contribution in [0, 0.1) is 19.8 Å². The van der Waals surface area contributed by atoms with Gasteiger partial charge in [-0.2, -0.15) is 0 Å². The standard InChI is InChI=1S/C23H25N3O2/c1-15-6-5-11-24-21(15)22(27)26-18-9-10-19-20(12-18)16(2)13-25-23(19)28-14-17-7-3-4-8-17/h5-6,9-13,17H,3-4,7-8,14H2,1-2H3,(H,26,27). The van der Waals surface area contributed by atoms with Gasteiger partial charge in [-0.3, -0.25) is 9.78 Å². The number of anilines is 1. The molecule has 3 aromatic rings. The molecule has 1 aliphatic rings. The van der Waals surface area contributed by atoms with Crippen LogP contribution in [0.2, 0.25) is 0 Å². The first kappa shape index (κ1) is 18.4. The maximum atomic E-state index is 12.6. The van der Waals surface area contributed by atoms with Crippen LogP contribution >= 0.6 is 0 Å². The summed E-state index contributed by atoms with van der Waals surface area (Å²) in [6.07, 6.45) is 8.55. The molecule has 0 aliphatic heterocycles. The number of fused-ring (bicyclic) bond motifs is 1. The van der Waals surface area contributed by atoms with Crippen LogP contribution < -0.4 is 10.1 Å². The topological polar surface area (TPSA) is 64.1 Å². The van der Waals surface area contributed by atoms with Gasteiger partial charge in [0, 0.05) is 23.5 Å². The van der Waals surface area contributed by atoms with E-state index >= 15 is 0 Å². The molecule has 1 saturated carbocycles. The lowest BCUT2D eigenvalue weighted by atomic mass is 10.1. The maximum Gasteiger partial charge on any atom is 0.274 e. The molecule has 0 spiro atoms. The Balaban J connectivity index is 1.57. The molecular formula is C23H25N3O2. The van der Waals surface area contributed by atoms with Gasteiger partial charge < -0.3 is 10.1 Å². The van der Waals surface area contributed by atoms with E-state index < -0.39 is 0 Å². The lowest BCUT2D eigenvalue weighted by molar-refractivity contribution is 0.102. The average molecular weight is 375 g/mol. The Morgan fingerprint density at radius 1 is 1.11 bits per heavy atom. The van der Waals surface area contributed by atoms with Crippen molar-refractivity contribution in [2.75, 3.05) is 11.9 Å². The highest BCUT2D eigenvalue weighted by molar-refractivity contribution is 6.05. The van der Waals surface area contributed by atoms with Crippen LogP contribution in [0.5, 0.6) is 5.88 Å². The molecule has 5 heteroatoms. The molecule has 1 fully saturated rings. The summed E-state index contributed by atoms with van der Waals surface area (Å²) in [5, 5.41) is 4.96.